The van der Waals surface area contributed by atoms with Crippen molar-refractivity contribution in [2.75, 3.05) is 12.4 Å². The fourth-order valence-electron chi connectivity index (χ4n) is 2.12. The van der Waals surface area contributed by atoms with E-state index in [1.165, 1.54) is 42.4 Å². The summed E-state index contributed by atoms with van der Waals surface area (Å²) < 4.78 is 37.2. The molecular formula is C16H18F3N6O2S2+. The van der Waals surface area contributed by atoms with Crippen LogP contribution in [0.3, 0.4) is 0 Å². The van der Waals surface area contributed by atoms with E-state index < -0.39 is 11.4 Å². The lowest BCUT2D eigenvalue weighted by Crippen LogP contribution is -2.73. The smallest absolute Gasteiger partial charge is 0.322 e. The molecule has 29 heavy (non-hydrogen) atoms. The van der Waals surface area contributed by atoms with Crippen LogP contribution in [0.15, 0.2) is 57.4 Å². The highest BCUT2D eigenvalue weighted by Gasteiger charge is 2.29. The Balaban J connectivity index is 2.24. The maximum absolute atomic E-state index is 12.7. The number of nitrogens with zero attached hydrogens (tertiary/aromatic N) is 2. The molecule has 1 amide bonds. The molecule has 0 aliphatic carbocycles. The first-order valence-electron chi connectivity index (χ1n) is 7.85. The van der Waals surface area contributed by atoms with Gasteiger partial charge in [0.05, 0.1) is 5.56 Å². The van der Waals surface area contributed by atoms with Crippen molar-refractivity contribution in [3.05, 3.63) is 48.0 Å². The molecule has 0 aliphatic heterocycles. The fraction of sp³-hybridized carbons (Fsp3) is 0.125. The summed E-state index contributed by atoms with van der Waals surface area (Å²) in [4.78, 5) is 13.2. The topological polar surface area (TPSA) is 134 Å². The number of hydrazone groups is 1. The highest BCUT2D eigenvalue weighted by molar-refractivity contribution is 8.13. The molecule has 2 aromatic rings. The van der Waals surface area contributed by atoms with Gasteiger partial charge in [0, 0.05) is 34.7 Å². The third-order valence-corrected chi connectivity index (χ3v) is 5.25. The van der Waals surface area contributed by atoms with Crippen molar-refractivity contribution in [2.24, 2.45) is 16.8 Å². The summed E-state index contributed by atoms with van der Waals surface area (Å²) in [5.74, 6) is 10.4. The third-order valence-electron chi connectivity index (χ3n) is 3.36. The van der Waals surface area contributed by atoms with E-state index in [2.05, 4.69) is 10.4 Å². The van der Waals surface area contributed by atoms with Crippen LogP contribution in [0.4, 0.5) is 24.5 Å². The molecule has 0 fully saturated rings. The molecule has 2 rings (SSSR count). The molecule has 0 atom stereocenters. The lowest BCUT2D eigenvalue weighted by Gasteiger charge is -2.15. The number of amidine groups is 1. The zero-order valence-electron chi connectivity index (χ0n) is 15.0. The van der Waals surface area contributed by atoms with Gasteiger partial charge in [0.15, 0.2) is 5.69 Å². The van der Waals surface area contributed by atoms with Crippen molar-refractivity contribution < 1.29 is 28.7 Å². The van der Waals surface area contributed by atoms with E-state index >= 15 is 0 Å². The Kier molecular flexibility index (Phi) is 7.75. The number of benzene rings is 2. The Hall–Kier alpha value is -2.45. The maximum atomic E-state index is 12.7. The quantitative estimate of drug-likeness (QED) is 0.119. The Labute approximate surface area is 172 Å². The summed E-state index contributed by atoms with van der Waals surface area (Å²) in [6.45, 7) is 0. The van der Waals surface area contributed by atoms with Crippen molar-refractivity contribution in [3.8, 4) is 0 Å². The number of carbonyl (C=O) groups excluding carboxylic acids is 1. The highest BCUT2D eigenvalue weighted by atomic mass is 32.2. The predicted molar refractivity (Wildman–Crippen MR) is 106 cm³/mol. The van der Waals surface area contributed by atoms with Gasteiger partial charge in [-0.25, -0.2) is 11.0 Å². The van der Waals surface area contributed by atoms with Crippen LogP contribution in [-0.2, 0) is 0 Å². The van der Waals surface area contributed by atoms with Crippen LogP contribution in [0.2, 0.25) is 0 Å². The summed E-state index contributed by atoms with van der Waals surface area (Å²) in [6, 6.07) is 9.83. The van der Waals surface area contributed by atoms with Gasteiger partial charge in [-0.05, 0) is 53.9 Å². The summed E-state index contributed by atoms with van der Waals surface area (Å²) in [7, 11) is 1.52. The molecule has 0 unspecified atom stereocenters. The van der Waals surface area contributed by atoms with Crippen LogP contribution in [0.25, 0.3) is 0 Å². The second kappa shape index (κ2) is 9.84. The second-order valence-corrected chi connectivity index (χ2v) is 7.68. The van der Waals surface area contributed by atoms with Gasteiger partial charge in [0.25, 0.3) is 5.91 Å². The number of hydrazine groups is 1. The molecule has 8 nitrogen and oxygen atoms in total. The second-order valence-electron chi connectivity index (χ2n) is 5.54. The average molecular weight is 447 g/mol. The molecule has 0 bridgehead atoms. The number of amides is 1. The Morgan fingerprint density at radius 3 is 2.41 bits per heavy atom. The van der Waals surface area contributed by atoms with Crippen molar-refractivity contribution >= 4 is 46.0 Å². The average Bonchev–Trinajstić information content (AvgIpc) is 2.66. The van der Waals surface area contributed by atoms with Crippen LogP contribution in [0.1, 0.15) is 10.4 Å². The number of thioether (sulfide) groups is 2. The van der Waals surface area contributed by atoms with Crippen LogP contribution in [-0.4, -0.2) is 33.8 Å². The molecule has 0 saturated carbocycles. The molecule has 0 heterocycles. The molecule has 0 aliphatic rings. The standard InChI is InChI=1S/C16H17F3N6O2S2/c1-25(21)15(23-20)28-13-7-4-10(24-27)8-12(13)14(26)22-9-2-5-11(6-3-9)29-16(17,18)19/h2-8,24,27H,20-21H2,1H3,(H,22,26)/p+1/b23-15+. The number of hydrogen-bond acceptors (Lipinski definition) is 7. The molecule has 8 N–H and O–H groups in total. The van der Waals surface area contributed by atoms with E-state index in [1.807, 2.05) is 0 Å². The summed E-state index contributed by atoms with van der Waals surface area (Å²) >= 11 is 0.786. The van der Waals surface area contributed by atoms with Gasteiger partial charge < -0.3 is 11.2 Å². The first-order chi connectivity index (χ1) is 13.6. The van der Waals surface area contributed by atoms with Gasteiger partial charge >= 0.3 is 5.51 Å². The van der Waals surface area contributed by atoms with Gasteiger partial charge in [-0.15, -0.1) is 0 Å². The largest absolute Gasteiger partial charge is 0.446 e. The minimum Gasteiger partial charge on any atom is -0.322 e. The molecule has 13 heteroatoms. The molecule has 0 radical (unpaired) electrons. The van der Waals surface area contributed by atoms with E-state index in [9.17, 15) is 23.2 Å². The van der Waals surface area contributed by atoms with E-state index in [0.29, 0.717) is 16.3 Å². The zero-order valence-corrected chi connectivity index (χ0v) is 16.6. The monoisotopic (exact) mass is 447 g/mol. The Morgan fingerprint density at radius 2 is 1.90 bits per heavy atom. The van der Waals surface area contributed by atoms with Gasteiger partial charge in [0.1, 0.15) is 0 Å². The van der Waals surface area contributed by atoms with Gasteiger partial charge in [0.2, 0.25) is 5.17 Å². The third kappa shape index (κ3) is 6.83. The lowest BCUT2D eigenvalue weighted by atomic mass is 10.2. The summed E-state index contributed by atoms with van der Waals surface area (Å²) in [5, 5.41) is 16.8. The van der Waals surface area contributed by atoms with E-state index in [0.717, 1.165) is 17.2 Å². The Bertz CT molecular complexity index is 891. The van der Waals surface area contributed by atoms with Crippen molar-refractivity contribution in [1.82, 2.24) is 5.01 Å². The number of nitrogens with two attached hydrogens (primary N) is 3. The van der Waals surface area contributed by atoms with Crippen LogP contribution < -0.4 is 22.5 Å². The van der Waals surface area contributed by atoms with Crippen LogP contribution in [0.5, 0.6) is 0 Å². The number of hydrogen-bond donors (Lipinski definition) is 5. The zero-order chi connectivity index (χ0) is 21.6. The Morgan fingerprint density at radius 1 is 1.24 bits per heavy atom. The molecule has 156 valence electrons. The fourth-order valence-corrected chi connectivity index (χ4v) is 3.45. The number of rotatable bonds is 5. The summed E-state index contributed by atoms with van der Waals surface area (Å²) in [6.07, 6.45) is 0. The van der Waals surface area contributed by atoms with Gasteiger partial charge in [-0.1, -0.05) is 0 Å². The van der Waals surface area contributed by atoms with Crippen molar-refractivity contribution in [3.63, 3.8) is 0 Å². The number of nitrogens with one attached hydrogen (secondary N) is 1. The predicted octanol–water partition coefficient (Wildman–Crippen LogP) is 2.26. The first-order valence-corrected chi connectivity index (χ1v) is 9.49. The van der Waals surface area contributed by atoms with Crippen molar-refractivity contribution in [1.29, 1.82) is 0 Å². The lowest BCUT2D eigenvalue weighted by molar-refractivity contribution is -0.825. The first kappa shape index (κ1) is 22.8. The number of alkyl halides is 3. The SMILES string of the molecule is CN(N)/C(=N\N)Sc1ccc([NH2+]O)cc1C(=O)Nc1ccc(SC(F)(F)F)cc1. The number of anilines is 1. The van der Waals surface area contributed by atoms with E-state index in [4.69, 9.17) is 11.7 Å². The van der Waals surface area contributed by atoms with Crippen molar-refractivity contribution in [2.45, 2.75) is 15.3 Å². The minimum atomic E-state index is -4.39. The summed E-state index contributed by atoms with van der Waals surface area (Å²) in [5.41, 5.74) is -2.68. The van der Waals surface area contributed by atoms with Crippen LogP contribution in [0, 0.1) is 0 Å². The maximum Gasteiger partial charge on any atom is 0.446 e. The van der Waals surface area contributed by atoms with E-state index in [1.54, 1.807) is 12.1 Å². The minimum absolute atomic E-state index is 0.00148. The molecule has 0 spiro atoms. The highest BCUT2D eigenvalue weighted by Crippen LogP contribution is 2.37. The van der Waals surface area contributed by atoms with Crippen LogP contribution >= 0.6 is 23.5 Å². The molecule has 2 aromatic carbocycles. The van der Waals surface area contributed by atoms with Gasteiger partial charge in [-0.2, -0.15) is 23.8 Å². The molecule has 0 aromatic heterocycles. The molecule has 0 saturated heterocycles. The molecular weight excluding hydrogens is 429 g/mol. The normalized spacial score (nSPS) is 12.0. The van der Waals surface area contributed by atoms with Gasteiger partial charge in [-0.3, -0.25) is 9.80 Å². The number of halogens is 3. The number of quaternary nitrogens is 1. The number of carbonyl (C=O) groups is 1. The van der Waals surface area contributed by atoms with E-state index in [-0.39, 0.29) is 27.4 Å².